The fraction of sp³-hybridized carbons (Fsp3) is 0.533. The molecule has 1 nitrogen and oxygen atoms in total. The summed E-state index contributed by atoms with van der Waals surface area (Å²) in [6.07, 6.45) is 9.73. The molecule has 0 amide bonds. The number of aryl methyl sites for hydroxylation is 1. The number of fused-ring (bicyclic) bond motifs is 1. The number of halogens is 1. The van der Waals surface area contributed by atoms with Gasteiger partial charge in [-0.05, 0) is 42.2 Å². The van der Waals surface area contributed by atoms with Gasteiger partial charge in [0.05, 0.1) is 5.56 Å². The molecule has 1 aliphatic carbocycles. The molecule has 17 heavy (non-hydrogen) atoms. The largest absolute Gasteiger partial charge is 0.240 e. The lowest BCUT2D eigenvalue weighted by Crippen LogP contribution is -2.25. The molecule has 0 radical (unpaired) electrons. The van der Waals surface area contributed by atoms with E-state index in [2.05, 4.69) is 31.7 Å². The standard InChI is InChI=1S/C15H18ClN/c1-5-10-11-7-8-15(3,4)9-12(11)13(6-2)17-14(10)16/h1H,6-9H2,2-4H3. The van der Waals surface area contributed by atoms with Crippen molar-refractivity contribution in [3.8, 4) is 12.3 Å². The highest BCUT2D eigenvalue weighted by Gasteiger charge is 2.29. The summed E-state index contributed by atoms with van der Waals surface area (Å²) in [6.45, 7) is 6.73. The van der Waals surface area contributed by atoms with Crippen molar-refractivity contribution in [3.63, 3.8) is 0 Å². The van der Waals surface area contributed by atoms with Crippen molar-refractivity contribution in [3.05, 3.63) is 27.5 Å². The minimum absolute atomic E-state index is 0.346. The summed E-state index contributed by atoms with van der Waals surface area (Å²) in [6, 6.07) is 0. The minimum Gasteiger partial charge on any atom is -0.240 e. The van der Waals surface area contributed by atoms with Gasteiger partial charge >= 0.3 is 0 Å². The van der Waals surface area contributed by atoms with E-state index in [4.69, 9.17) is 18.0 Å². The third-order valence-corrected chi connectivity index (χ3v) is 3.91. The summed E-state index contributed by atoms with van der Waals surface area (Å²) >= 11 is 6.16. The summed E-state index contributed by atoms with van der Waals surface area (Å²) in [7, 11) is 0. The van der Waals surface area contributed by atoms with Crippen LogP contribution in [0.25, 0.3) is 0 Å². The van der Waals surface area contributed by atoms with Gasteiger partial charge in [0.1, 0.15) is 5.15 Å². The molecule has 2 rings (SSSR count). The van der Waals surface area contributed by atoms with Crippen LogP contribution in [-0.4, -0.2) is 4.98 Å². The van der Waals surface area contributed by atoms with Crippen LogP contribution in [-0.2, 0) is 19.3 Å². The first-order valence-electron chi connectivity index (χ1n) is 6.15. The smallest absolute Gasteiger partial charge is 0.145 e. The molecule has 0 fully saturated rings. The predicted octanol–water partition coefficient (Wildman–Crippen LogP) is 3.79. The van der Waals surface area contributed by atoms with Gasteiger partial charge in [-0.1, -0.05) is 38.3 Å². The van der Waals surface area contributed by atoms with Crippen LogP contribution in [0.1, 0.15) is 49.6 Å². The maximum Gasteiger partial charge on any atom is 0.145 e. The Morgan fingerprint density at radius 1 is 1.41 bits per heavy atom. The Labute approximate surface area is 109 Å². The molecular weight excluding hydrogens is 230 g/mol. The number of terminal acetylenes is 1. The van der Waals surface area contributed by atoms with Crippen LogP contribution in [0.4, 0.5) is 0 Å². The van der Waals surface area contributed by atoms with E-state index in [1.807, 2.05) is 0 Å². The van der Waals surface area contributed by atoms with E-state index in [1.54, 1.807) is 0 Å². The number of aromatic nitrogens is 1. The van der Waals surface area contributed by atoms with Gasteiger partial charge in [-0.15, -0.1) is 6.42 Å². The van der Waals surface area contributed by atoms with Gasteiger partial charge in [0.15, 0.2) is 0 Å². The second-order valence-electron chi connectivity index (χ2n) is 5.52. The van der Waals surface area contributed by atoms with Crippen molar-refractivity contribution >= 4 is 11.6 Å². The fourth-order valence-electron chi connectivity index (χ4n) is 2.65. The fourth-order valence-corrected chi connectivity index (χ4v) is 2.92. The first kappa shape index (κ1) is 12.5. The molecule has 1 aliphatic rings. The lowest BCUT2D eigenvalue weighted by atomic mass is 9.73. The Kier molecular flexibility index (Phi) is 3.19. The monoisotopic (exact) mass is 247 g/mol. The van der Waals surface area contributed by atoms with Gasteiger partial charge in [0.2, 0.25) is 0 Å². The quantitative estimate of drug-likeness (QED) is 0.544. The van der Waals surface area contributed by atoms with Crippen molar-refractivity contribution in [1.82, 2.24) is 4.98 Å². The van der Waals surface area contributed by atoms with E-state index >= 15 is 0 Å². The van der Waals surface area contributed by atoms with Crippen LogP contribution >= 0.6 is 11.6 Å². The van der Waals surface area contributed by atoms with Gasteiger partial charge in [0.25, 0.3) is 0 Å². The Morgan fingerprint density at radius 3 is 2.71 bits per heavy atom. The molecule has 2 heteroatoms. The van der Waals surface area contributed by atoms with E-state index in [9.17, 15) is 0 Å². The molecule has 0 aromatic carbocycles. The van der Waals surface area contributed by atoms with Crippen LogP contribution in [0.5, 0.6) is 0 Å². The second-order valence-corrected chi connectivity index (χ2v) is 5.88. The SMILES string of the molecule is C#Cc1c(Cl)nc(CC)c2c1CCC(C)(C)C2. The average molecular weight is 248 g/mol. The molecule has 0 bridgehead atoms. The number of pyridine rings is 1. The molecule has 1 aromatic heterocycles. The van der Waals surface area contributed by atoms with Crippen molar-refractivity contribution in [2.75, 3.05) is 0 Å². The van der Waals surface area contributed by atoms with E-state index in [1.165, 1.54) is 11.1 Å². The molecule has 0 aliphatic heterocycles. The van der Waals surface area contributed by atoms with E-state index in [0.29, 0.717) is 10.6 Å². The molecule has 1 aromatic rings. The Morgan fingerprint density at radius 2 is 2.12 bits per heavy atom. The lowest BCUT2D eigenvalue weighted by Gasteiger charge is -2.33. The van der Waals surface area contributed by atoms with E-state index in [0.717, 1.165) is 36.9 Å². The van der Waals surface area contributed by atoms with Crippen LogP contribution in [0.3, 0.4) is 0 Å². The molecule has 90 valence electrons. The van der Waals surface area contributed by atoms with Gasteiger partial charge in [-0.3, -0.25) is 0 Å². The Bertz CT molecular complexity index is 495. The van der Waals surface area contributed by atoms with Gasteiger partial charge in [0, 0.05) is 5.69 Å². The molecule has 0 spiro atoms. The van der Waals surface area contributed by atoms with E-state index < -0.39 is 0 Å². The average Bonchev–Trinajstić information content (AvgIpc) is 2.27. The highest BCUT2D eigenvalue weighted by atomic mass is 35.5. The topological polar surface area (TPSA) is 12.9 Å². The highest BCUT2D eigenvalue weighted by Crippen LogP contribution is 2.38. The first-order valence-corrected chi connectivity index (χ1v) is 6.53. The molecule has 0 saturated heterocycles. The number of hydrogen-bond donors (Lipinski definition) is 0. The van der Waals surface area contributed by atoms with Crippen molar-refractivity contribution in [2.45, 2.75) is 46.5 Å². The van der Waals surface area contributed by atoms with Crippen LogP contribution in [0, 0.1) is 17.8 Å². The Balaban J connectivity index is 2.64. The molecule has 1 heterocycles. The molecule has 0 N–H and O–H groups in total. The molecule has 0 unspecified atom stereocenters. The first-order chi connectivity index (χ1) is 7.98. The summed E-state index contributed by atoms with van der Waals surface area (Å²) in [5, 5.41) is 0.503. The summed E-state index contributed by atoms with van der Waals surface area (Å²) < 4.78 is 0. The third-order valence-electron chi connectivity index (χ3n) is 3.64. The van der Waals surface area contributed by atoms with Crippen molar-refractivity contribution < 1.29 is 0 Å². The van der Waals surface area contributed by atoms with Crippen molar-refractivity contribution in [2.24, 2.45) is 5.41 Å². The van der Waals surface area contributed by atoms with Crippen LogP contribution in [0.15, 0.2) is 0 Å². The number of hydrogen-bond acceptors (Lipinski definition) is 1. The second kappa shape index (κ2) is 4.35. The summed E-state index contributed by atoms with van der Waals surface area (Å²) in [5.41, 5.74) is 4.90. The predicted molar refractivity (Wildman–Crippen MR) is 72.4 cm³/mol. The molecular formula is C15H18ClN. The zero-order valence-electron chi connectivity index (χ0n) is 10.7. The van der Waals surface area contributed by atoms with Gasteiger partial charge in [-0.2, -0.15) is 0 Å². The lowest BCUT2D eigenvalue weighted by molar-refractivity contribution is 0.313. The number of nitrogens with zero attached hydrogens (tertiary/aromatic N) is 1. The maximum absolute atomic E-state index is 6.16. The minimum atomic E-state index is 0.346. The zero-order valence-corrected chi connectivity index (χ0v) is 11.5. The van der Waals surface area contributed by atoms with Crippen LogP contribution in [0.2, 0.25) is 5.15 Å². The van der Waals surface area contributed by atoms with Crippen molar-refractivity contribution in [1.29, 1.82) is 0 Å². The molecule has 0 saturated carbocycles. The number of rotatable bonds is 1. The molecule has 0 atom stereocenters. The van der Waals surface area contributed by atoms with E-state index in [-0.39, 0.29) is 0 Å². The van der Waals surface area contributed by atoms with Crippen LogP contribution < -0.4 is 0 Å². The van der Waals surface area contributed by atoms with Gasteiger partial charge < -0.3 is 0 Å². The highest BCUT2D eigenvalue weighted by molar-refractivity contribution is 6.30. The maximum atomic E-state index is 6.16. The normalized spacial score (nSPS) is 17.4. The summed E-state index contributed by atoms with van der Waals surface area (Å²) in [4.78, 5) is 4.46. The Hall–Kier alpha value is -1.00. The third kappa shape index (κ3) is 2.19. The summed E-state index contributed by atoms with van der Waals surface area (Å²) in [5.74, 6) is 2.71. The van der Waals surface area contributed by atoms with Gasteiger partial charge in [-0.25, -0.2) is 4.98 Å². The zero-order chi connectivity index (χ0) is 12.6.